The van der Waals surface area contributed by atoms with E-state index in [0.29, 0.717) is 21.8 Å². The molecule has 0 bridgehead atoms. The number of aliphatic carboxylic acids is 1. The molecule has 2 heterocycles. The van der Waals surface area contributed by atoms with Crippen molar-refractivity contribution in [2.45, 2.75) is 6.04 Å². The van der Waals surface area contributed by atoms with E-state index in [1.165, 1.54) is 28.0 Å². The molecule has 21 heavy (non-hydrogen) atoms. The molecule has 9 heteroatoms. The molecule has 0 radical (unpaired) electrons. The second-order valence-corrected chi connectivity index (χ2v) is 6.85. The number of carboxylic acids is 1. The van der Waals surface area contributed by atoms with Crippen molar-refractivity contribution in [3.8, 4) is 0 Å². The molecule has 2 aromatic rings. The quantitative estimate of drug-likeness (QED) is 0.876. The van der Waals surface area contributed by atoms with Crippen molar-refractivity contribution in [3.63, 3.8) is 0 Å². The van der Waals surface area contributed by atoms with Crippen LogP contribution in [0.25, 0.3) is 10.2 Å². The number of benzene rings is 1. The van der Waals surface area contributed by atoms with Crippen molar-refractivity contribution in [1.82, 2.24) is 9.88 Å². The lowest BCUT2D eigenvalue weighted by Crippen LogP contribution is -2.43. The molecule has 1 aliphatic heterocycles. The molecule has 0 saturated carbocycles. The molecular weight excluding hydrogens is 334 g/mol. The molecular formula is C12H10ClN3O3S2. The van der Waals surface area contributed by atoms with Gasteiger partial charge in [-0.1, -0.05) is 22.9 Å². The highest BCUT2D eigenvalue weighted by molar-refractivity contribution is 7.99. The Labute approximate surface area is 133 Å². The van der Waals surface area contributed by atoms with Crippen molar-refractivity contribution in [1.29, 1.82) is 0 Å². The van der Waals surface area contributed by atoms with E-state index in [-0.39, 0.29) is 0 Å². The van der Waals surface area contributed by atoms with Gasteiger partial charge >= 0.3 is 12.0 Å². The Morgan fingerprint density at radius 3 is 3.05 bits per heavy atom. The molecule has 6 nitrogen and oxygen atoms in total. The molecule has 1 aromatic carbocycles. The van der Waals surface area contributed by atoms with Crippen LogP contribution in [0.3, 0.4) is 0 Å². The number of nitrogens with one attached hydrogen (secondary N) is 1. The van der Waals surface area contributed by atoms with E-state index in [9.17, 15) is 9.59 Å². The summed E-state index contributed by atoms with van der Waals surface area (Å²) in [5, 5.41) is 12.8. The van der Waals surface area contributed by atoms with Gasteiger partial charge in [0.15, 0.2) is 5.13 Å². The number of carboxylic acid groups (broad SMARTS) is 1. The Balaban J connectivity index is 1.78. The van der Waals surface area contributed by atoms with Gasteiger partial charge in [0.25, 0.3) is 0 Å². The number of urea groups is 1. The number of hydrogen-bond donors (Lipinski definition) is 2. The number of anilines is 1. The third-order valence-corrected chi connectivity index (χ3v) is 5.17. The highest BCUT2D eigenvalue weighted by Crippen LogP contribution is 2.29. The number of thioether (sulfide) groups is 1. The van der Waals surface area contributed by atoms with Gasteiger partial charge in [0.2, 0.25) is 0 Å². The largest absolute Gasteiger partial charge is 0.480 e. The van der Waals surface area contributed by atoms with Gasteiger partial charge in [0, 0.05) is 10.8 Å². The highest BCUT2D eigenvalue weighted by Gasteiger charge is 2.34. The number of rotatable bonds is 2. The smallest absolute Gasteiger partial charge is 0.327 e. The van der Waals surface area contributed by atoms with Gasteiger partial charge in [-0.25, -0.2) is 14.6 Å². The number of thiazole rings is 1. The van der Waals surface area contributed by atoms with Crippen LogP contribution in [-0.2, 0) is 4.79 Å². The lowest BCUT2D eigenvalue weighted by molar-refractivity contribution is -0.140. The molecule has 3 rings (SSSR count). The lowest BCUT2D eigenvalue weighted by Gasteiger charge is -2.19. The second kappa shape index (κ2) is 5.70. The van der Waals surface area contributed by atoms with Crippen LogP contribution in [0.5, 0.6) is 0 Å². The van der Waals surface area contributed by atoms with Gasteiger partial charge in [-0.3, -0.25) is 5.32 Å². The zero-order chi connectivity index (χ0) is 15.0. The molecule has 1 atom stereocenters. The highest BCUT2D eigenvalue weighted by atomic mass is 35.5. The first-order chi connectivity index (χ1) is 10.0. The first-order valence-electron chi connectivity index (χ1n) is 5.99. The number of nitrogens with zero attached hydrogens (tertiary/aromatic N) is 2. The maximum atomic E-state index is 12.2. The van der Waals surface area contributed by atoms with Gasteiger partial charge in [0.05, 0.1) is 16.1 Å². The van der Waals surface area contributed by atoms with E-state index in [4.69, 9.17) is 16.7 Å². The summed E-state index contributed by atoms with van der Waals surface area (Å²) in [5.41, 5.74) is 0.741. The van der Waals surface area contributed by atoms with Crippen molar-refractivity contribution >= 4 is 62.0 Å². The van der Waals surface area contributed by atoms with Crippen LogP contribution in [0, 0.1) is 0 Å². The van der Waals surface area contributed by atoms with E-state index in [1.54, 1.807) is 18.2 Å². The first kappa shape index (κ1) is 14.4. The van der Waals surface area contributed by atoms with Crippen LogP contribution in [-0.4, -0.2) is 44.7 Å². The van der Waals surface area contributed by atoms with Gasteiger partial charge in [-0.15, -0.1) is 11.8 Å². The number of carbonyl (C=O) groups is 2. The molecule has 0 unspecified atom stereocenters. The Morgan fingerprint density at radius 1 is 1.48 bits per heavy atom. The number of carbonyl (C=O) groups excluding carboxylic acids is 1. The number of hydrogen-bond acceptors (Lipinski definition) is 5. The molecule has 110 valence electrons. The minimum absolute atomic E-state index is 0.361. The van der Waals surface area contributed by atoms with Crippen LogP contribution in [0.1, 0.15) is 0 Å². The average molecular weight is 344 g/mol. The fourth-order valence-electron chi connectivity index (χ4n) is 1.96. The zero-order valence-corrected chi connectivity index (χ0v) is 13.0. The Kier molecular flexibility index (Phi) is 3.92. The number of aromatic nitrogens is 1. The minimum atomic E-state index is -0.994. The normalized spacial score (nSPS) is 18.1. The fraction of sp³-hybridized carbons (Fsp3) is 0.250. The van der Waals surface area contributed by atoms with E-state index >= 15 is 0 Å². The molecule has 2 amide bonds. The van der Waals surface area contributed by atoms with Gasteiger partial charge in [0.1, 0.15) is 6.04 Å². The van der Waals surface area contributed by atoms with Gasteiger partial charge in [-0.05, 0) is 18.2 Å². The van der Waals surface area contributed by atoms with Gasteiger partial charge in [-0.2, -0.15) is 0 Å². The van der Waals surface area contributed by atoms with E-state index in [2.05, 4.69) is 10.3 Å². The number of halogens is 1. The van der Waals surface area contributed by atoms with Crippen molar-refractivity contribution < 1.29 is 14.7 Å². The summed E-state index contributed by atoms with van der Waals surface area (Å²) in [6, 6.07) is 4.04. The predicted octanol–water partition coefficient (Wildman–Crippen LogP) is 2.94. The van der Waals surface area contributed by atoms with E-state index in [0.717, 1.165) is 10.2 Å². The standard InChI is InChI=1S/C12H10ClN3O3S2/c13-6-1-2-7-9(3-6)21-11(14-7)15-12(19)16-5-20-4-8(16)10(17)18/h1-3,8H,4-5H2,(H,17,18)(H,14,15,19)/t8-/m0/s1. The van der Waals surface area contributed by atoms with Crippen molar-refractivity contribution in [2.24, 2.45) is 0 Å². The molecule has 1 fully saturated rings. The summed E-state index contributed by atoms with van der Waals surface area (Å²) in [6.45, 7) is 0. The van der Waals surface area contributed by atoms with Crippen LogP contribution < -0.4 is 5.32 Å². The second-order valence-electron chi connectivity index (χ2n) is 4.38. The zero-order valence-electron chi connectivity index (χ0n) is 10.6. The topological polar surface area (TPSA) is 82.5 Å². The number of fused-ring (bicyclic) bond motifs is 1. The Morgan fingerprint density at radius 2 is 2.29 bits per heavy atom. The summed E-state index contributed by atoms with van der Waals surface area (Å²) >= 11 is 8.62. The van der Waals surface area contributed by atoms with Crippen LogP contribution in [0.15, 0.2) is 18.2 Å². The molecule has 1 aromatic heterocycles. The lowest BCUT2D eigenvalue weighted by atomic mass is 10.3. The number of amides is 2. The molecule has 1 saturated heterocycles. The van der Waals surface area contributed by atoms with Crippen LogP contribution >= 0.6 is 34.7 Å². The Hall–Kier alpha value is -1.51. The predicted molar refractivity (Wildman–Crippen MR) is 84.2 cm³/mol. The summed E-state index contributed by atoms with van der Waals surface area (Å²) < 4.78 is 0.864. The SMILES string of the molecule is O=C(O)[C@@H]1CSCN1C(=O)Nc1nc2ccc(Cl)cc2s1. The van der Waals surface area contributed by atoms with Crippen LogP contribution in [0.4, 0.5) is 9.93 Å². The van der Waals surface area contributed by atoms with E-state index in [1.807, 2.05) is 0 Å². The van der Waals surface area contributed by atoms with Crippen molar-refractivity contribution in [3.05, 3.63) is 23.2 Å². The molecule has 2 N–H and O–H groups in total. The third-order valence-electron chi connectivity index (χ3n) is 2.99. The average Bonchev–Trinajstić information content (AvgIpc) is 3.03. The summed E-state index contributed by atoms with van der Waals surface area (Å²) in [5.74, 6) is -0.233. The molecule has 1 aliphatic rings. The maximum Gasteiger partial charge on any atom is 0.327 e. The summed E-state index contributed by atoms with van der Waals surface area (Å²) in [7, 11) is 0. The minimum Gasteiger partial charge on any atom is -0.480 e. The fourth-order valence-corrected chi connectivity index (χ4v) is 4.24. The van der Waals surface area contributed by atoms with E-state index < -0.39 is 18.0 Å². The molecule has 0 spiro atoms. The molecule has 0 aliphatic carbocycles. The summed E-state index contributed by atoms with van der Waals surface area (Å²) in [4.78, 5) is 28.8. The maximum absolute atomic E-state index is 12.2. The van der Waals surface area contributed by atoms with Crippen LogP contribution in [0.2, 0.25) is 5.02 Å². The monoisotopic (exact) mass is 343 g/mol. The summed E-state index contributed by atoms with van der Waals surface area (Å²) in [6.07, 6.45) is 0. The Bertz CT molecular complexity index is 721. The third kappa shape index (κ3) is 2.92. The first-order valence-corrected chi connectivity index (χ1v) is 8.34. The van der Waals surface area contributed by atoms with Crippen molar-refractivity contribution in [2.75, 3.05) is 16.9 Å². The van der Waals surface area contributed by atoms with Gasteiger partial charge < -0.3 is 10.0 Å².